The molecule has 1 amide bonds. The van der Waals surface area contributed by atoms with Crippen LogP contribution in [0, 0.1) is 6.92 Å². The van der Waals surface area contributed by atoms with Gasteiger partial charge in [0.15, 0.2) is 6.61 Å². The Balaban J connectivity index is 1.62. The average molecular weight is 387 g/mol. The van der Waals surface area contributed by atoms with Gasteiger partial charge in [0, 0.05) is 18.5 Å². The minimum atomic E-state index is -0.801. The van der Waals surface area contributed by atoms with Crippen molar-refractivity contribution in [3.05, 3.63) is 39.2 Å². The fraction of sp³-hybridized carbons (Fsp3) is 0.476. The molecule has 28 heavy (non-hydrogen) atoms. The van der Waals surface area contributed by atoms with Crippen LogP contribution in [0.3, 0.4) is 0 Å². The minimum Gasteiger partial charge on any atom is -0.483 e. The second-order valence-electron chi connectivity index (χ2n) is 7.18. The molecule has 7 heteroatoms. The predicted octanol–water partition coefficient (Wildman–Crippen LogP) is 2.73. The highest BCUT2D eigenvalue weighted by Gasteiger charge is 2.22. The molecule has 2 N–H and O–H groups in total. The summed E-state index contributed by atoms with van der Waals surface area (Å²) < 4.78 is 11.3. The van der Waals surface area contributed by atoms with Gasteiger partial charge in [0.05, 0.1) is 5.39 Å². The zero-order chi connectivity index (χ0) is 20.1. The van der Waals surface area contributed by atoms with E-state index < -0.39 is 5.97 Å². The van der Waals surface area contributed by atoms with E-state index in [4.69, 9.17) is 14.3 Å². The van der Waals surface area contributed by atoms with E-state index in [0.29, 0.717) is 36.3 Å². The number of hydrogen-bond donors (Lipinski definition) is 2. The van der Waals surface area contributed by atoms with Crippen LogP contribution in [-0.2, 0) is 22.4 Å². The topological polar surface area (TPSA) is 106 Å². The van der Waals surface area contributed by atoms with Crippen molar-refractivity contribution < 1.29 is 23.8 Å². The first kappa shape index (κ1) is 19.9. The molecule has 3 rings (SSSR count). The Labute approximate surface area is 162 Å². The number of ether oxygens (including phenoxy) is 1. The maximum absolute atomic E-state index is 12.1. The van der Waals surface area contributed by atoms with Crippen molar-refractivity contribution in [1.82, 2.24) is 5.32 Å². The third kappa shape index (κ3) is 4.71. The number of carbonyl (C=O) groups is 2. The molecule has 1 aliphatic rings. The first-order valence-corrected chi connectivity index (χ1v) is 9.66. The quantitative estimate of drug-likeness (QED) is 0.506. The van der Waals surface area contributed by atoms with E-state index in [1.165, 1.54) is 0 Å². The lowest BCUT2D eigenvalue weighted by molar-refractivity contribution is -0.137. The molecule has 0 spiro atoms. The Hall–Kier alpha value is -2.83. The van der Waals surface area contributed by atoms with Crippen LogP contribution in [0.1, 0.15) is 48.8 Å². The third-order valence-corrected chi connectivity index (χ3v) is 4.93. The lowest BCUT2D eigenvalue weighted by Crippen LogP contribution is -2.29. The summed E-state index contributed by atoms with van der Waals surface area (Å²) in [4.78, 5) is 34.7. The summed E-state index contributed by atoms with van der Waals surface area (Å²) in [6.07, 6.45) is 4.66. The van der Waals surface area contributed by atoms with Crippen LogP contribution in [-0.4, -0.2) is 30.1 Å². The van der Waals surface area contributed by atoms with Crippen molar-refractivity contribution in [2.24, 2.45) is 0 Å². The van der Waals surface area contributed by atoms with Gasteiger partial charge in [0.2, 0.25) is 0 Å². The van der Waals surface area contributed by atoms with Gasteiger partial charge in [-0.25, -0.2) is 4.79 Å². The molecule has 0 saturated heterocycles. The summed E-state index contributed by atoms with van der Waals surface area (Å²) >= 11 is 0. The monoisotopic (exact) mass is 387 g/mol. The molecule has 0 saturated carbocycles. The van der Waals surface area contributed by atoms with Crippen LogP contribution >= 0.6 is 0 Å². The molecule has 0 bridgehead atoms. The van der Waals surface area contributed by atoms with Crippen molar-refractivity contribution >= 4 is 22.8 Å². The van der Waals surface area contributed by atoms with E-state index in [1.54, 1.807) is 0 Å². The number of benzene rings is 1. The number of nitrogens with one attached hydrogen (secondary N) is 1. The average Bonchev–Trinajstić information content (AvgIpc) is 3.12. The fourth-order valence-electron chi connectivity index (χ4n) is 3.62. The number of aryl methyl sites for hydroxylation is 2. The highest BCUT2D eigenvalue weighted by atomic mass is 16.5. The second-order valence-corrected chi connectivity index (χ2v) is 7.18. The zero-order valence-electron chi connectivity index (χ0n) is 16.0. The third-order valence-electron chi connectivity index (χ3n) is 4.93. The van der Waals surface area contributed by atoms with Crippen molar-refractivity contribution in [3.63, 3.8) is 0 Å². The lowest BCUT2D eigenvalue weighted by atomic mass is 10.0. The Morgan fingerprint density at radius 1 is 1.18 bits per heavy atom. The first-order valence-electron chi connectivity index (χ1n) is 9.66. The van der Waals surface area contributed by atoms with Crippen molar-refractivity contribution in [1.29, 1.82) is 0 Å². The van der Waals surface area contributed by atoms with Gasteiger partial charge in [-0.05, 0) is 62.3 Å². The van der Waals surface area contributed by atoms with Gasteiger partial charge in [-0.15, -0.1) is 0 Å². The molecule has 0 atom stereocenters. The standard InChI is InChI=1S/C21H25NO6/c1-13-10-16(27-12-18(23)22-9-4-2-3-8-19(24)25)20-14-6-5-7-15(14)21(26)28-17(20)11-13/h10-11H,2-9,12H2,1H3,(H,22,23)(H,24,25). The Morgan fingerprint density at radius 3 is 2.75 bits per heavy atom. The fourth-order valence-corrected chi connectivity index (χ4v) is 3.62. The molecular weight excluding hydrogens is 362 g/mol. The Morgan fingerprint density at radius 2 is 1.96 bits per heavy atom. The molecule has 0 radical (unpaired) electrons. The summed E-state index contributed by atoms with van der Waals surface area (Å²) in [5.74, 6) is -0.472. The normalized spacial score (nSPS) is 12.8. The largest absolute Gasteiger partial charge is 0.483 e. The zero-order valence-corrected chi connectivity index (χ0v) is 16.0. The molecule has 1 aromatic carbocycles. The molecule has 1 aliphatic carbocycles. The Kier molecular flexibility index (Phi) is 6.34. The SMILES string of the molecule is Cc1cc(OCC(=O)NCCCCCC(=O)O)c2c3c(c(=O)oc2c1)CCC3. The summed E-state index contributed by atoms with van der Waals surface area (Å²) in [5, 5.41) is 12.2. The number of unbranched alkanes of at least 4 members (excludes halogenated alkanes) is 2. The van der Waals surface area contributed by atoms with Crippen LogP contribution in [0.15, 0.2) is 21.3 Å². The number of fused-ring (bicyclic) bond motifs is 3. The van der Waals surface area contributed by atoms with Crippen LogP contribution < -0.4 is 15.7 Å². The first-order chi connectivity index (χ1) is 13.5. The van der Waals surface area contributed by atoms with E-state index >= 15 is 0 Å². The second kappa shape index (κ2) is 8.91. The molecule has 0 fully saturated rings. The predicted molar refractivity (Wildman–Crippen MR) is 104 cm³/mol. The minimum absolute atomic E-state index is 0.123. The number of carboxylic acids is 1. The molecule has 0 unspecified atom stereocenters. The number of amides is 1. The van der Waals surface area contributed by atoms with Gasteiger partial charge in [-0.3, -0.25) is 9.59 Å². The molecule has 150 valence electrons. The highest BCUT2D eigenvalue weighted by molar-refractivity contribution is 5.89. The molecule has 1 aromatic heterocycles. The van der Waals surface area contributed by atoms with Crippen LogP contribution in [0.25, 0.3) is 11.0 Å². The molecule has 2 aromatic rings. The van der Waals surface area contributed by atoms with Crippen molar-refractivity contribution in [2.45, 2.75) is 51.9 Å². The molecule has 0 aliphatic heterocycles. The lowest BCUT2D eigenvalue weighted by Gasteiger charge is -2.13. The van der Waals surface area contributed by atoms with Gasteiger partial charge in [-0.2, -0.15) is 0 Å². The number of rotatable bonds is 9. The summed E-state index contributed by atoms with van der Waals surface area (Å²) in [6, 6.07) is 3.68. The Bertz CT molecular complexity index is 946. The van der Waals surface area contributed by atoms with Gasteiger partial charge < -0.3 is 19.6 Å². The van der Waals surface area contributed by atoms with Crippen LogP contribution in [0.2, 0.25) is 0 Å². The van der Waals surface area contributed by atoms with E-state index in [1.807, 2.05) is 19.1 Å². The van der Waals surface area contributed by atoms with Crippen LogP contribution in [0.5, 0.6) is 5.75 Å². The van der Waals surface area contributed by atoms with Crippen LogP contribution in [0.4, 0.5) is 0 Å². The van der Waals surface area contributed by atoms with Gasteiger partial charge in [-0.1, -0.05) is 6.42 Å². The van der Waals surface area contributed by atoms with E-state index in [-0.39, 0.29) is 24.6 Å². The van der Waals surface area contributed by atoms with E-state index in [2.05, 4.69) is 5.32 Å². The van der Waals surface area contributed by atoms with E-state index in [9.17, 15) is 14.4 Å². The maximum atomic E-state index is 12.1. The smallest absolute Gasteiger partial charge is 0.339 e. The van der Waals surface area contributed by atoms with Crippen molar-refractivity contribution in [3.8, 4) is 5.75 Å². The summed E-state index contributed by atoms with van der Waals surface area (Å²) in [6.45, 7) is 2.25. The van der Waals surface area contributed by atoms with Gasteiger partial charge in [0.25, 0.3) is 5.91 Å². The van der Waals surface area contributed by atoms with Crippen molar-refractivity contribution in [2.75, 3.05) is 13.2 Å². The maximum Gasteiger partial charge on any atom is 0.339 e. The van der Waals surface area contributed by atoms with E-state index in [0.717, 1.165) is 42.2 Å². The van der Waals surface area contributed by atoms with Gasteiger partial charge in [0.1, 0.15) is 11.3 Å². The molecule has 1 heterocycles. The number of carbonyl (C=O) groups excluding carboxylic acids is 1. The number of carboxylic acid groups (broad SMARTS) is 1. The molecular formula is C21H25NO6. The van der Waals surface area contributed by atoms with Gasteiger partial charge >= 0.3 is 11.6 Å². The number of aliphatic carboxylic acids is 1. The number of hydrogen-bond acceptors (Lipinski definition) is 5. The highest BCUT2D eigenvalue weighted by Crippen LogP contribution is 2.35. The summed E-state index contributed by atoms with van der Waals surface area (Å²) in [5.41, 5.74) is 2.80. The molecule has 7 nitrogen and oxygen atoms in total. The summed E-state index contributed by atoms with van der Waals surface area (Å²) in [7, 11) is 0.